The minimum atomic E-state index is 0.208. The Bertz CT molecular complexity index is 580. The first-order valence-electron chi connectivity index (χ1n) is 9.37. The number of hydrogen-bond acceptors (Lipinski definition) is 3. The molecule has 0 fully saturated rings. The summed E-state index contributed by atoms with van der Waals surface area (Å²) in [4.78, 5) is 16.9. The summed E-state index contributed by atoms with van der Waals surface area (Å²) in [6.07, 6.45) is 7.73. The number of rotatable bonds is 8. The van der Waals surface area contributed by atoms with E-state index >= 15 is 0 Å². The van der Waals surface area contributed by atoms with Gasteiger partial charge < -0.3 is 9.64 Å². The number of likely N-dealkylation sites (N-methyl/N-ethyl adjacent to an activating group) is 2. The minimum absolute atomic E-state index is 0.208. The lowest BCUT2D eigenvalue weighted by atomic mass is 10.0. The van der Waals surface area contributed by atoms with Gasteiger partial charge in [0, 0.05) is 18.3 Å². The van der Waals surface area contributed by atoms with Crippen LogP contribution in [0.15, 0.2) is 36.0 Å². The Morgan fingerprint density at radius 3 is 2.52 bits per heavy atom. The highest BCUT2D eigenvalue weighted by molar-refractivity contribution is 5.80. The molecule has 0 N–H and O–H groups in total. The summed E-state index contributed by atoms with van der Waals surface area (Å²) in [6, 6.07) is 8.46. The van der Waals surface area contributed by atoms with Gasteiger partial charge in [-0.25, -0.2) is 0 Å². The number of amides is 1. The molecular formula is C21H32N2O2. The summed E-state index contributed by atoms with van der Waals surface area (Å²) < 4.78 is 5.20. The number of hydrogen-bond donors (Lipinski definition) is 0. The standard InChI is InChI=1S/C21H32N2O2/c1-5-23(19-9-7-6-8-10-19)21(24)16-22(3)17(2)15-18-11-13-20(25-4)14-12-18/h9,11-14,17H,5-8,10,15-16H2,1-4H3. The Hall–Kier alpha value is -1.81. The van der Waals surface area contributed by atoms with E-state index < -0.39 is 0 Å². The van der Waals surface area contributed by atoms with Crippen LogP contribution in [0.4, 0.5) is 0 Å². The van der Waals surface area contributed by atoms with Gasteiger partial charge >= 0.3 is 0 Å². The predicted molar refractivity (Wildman–Crippen MR) is 103 cm³/mol. The maximum absolute atomic E-state index is 12.8. The second-order valence-electron chi connectivity index (χ2n) is 6.90. The van der Waals surface area contributed by atoms with Crippen molar-refractivity contribution in [1.82, 2.24) is 9.80 Å². The number of nitrogens with zero attached hydrogens (tertiary/aromatic N) is 2. The van der Waals surface area contributed by atoms with E-state index in [1.54, 1.807) is 7.11 Å². The van der Waals surface area contributed by atoms with E-state index in [2.05, 4.69) is 37.0 Å². The molecule has 0 saturated heterocycles. The van der Waals surface area contributed by atoms with Crippen LogP contribution in [-0.4, -0.2) is 49.0 Å². The van der Waals surface area contributed by atoms with Gasteiger partial charge in [-0.05, 0) is 70.7 Å². The van der Waals surface area contributed by atoms with Crippen molar-refractivity contribution in [1.29, 1.82) is 0 Å². The molecule has 1 amide bonds. The van der Waals surface area contributed by atoms with Crippen molar-refractivity contribution >= 4 is 5.91 Å². The highest BCUT2D eigenvalue weighted by atomic mass is 16.5. The monoisotopic (exact) mass is 344 g/mol. The van der Waals surface area contributed by atoms with E-state index in [1.807, 2.05) is 24.1 Å². The summed E-state index contributed by atoms with van der Waals surface area (Å²) >= 11 is 0. The molecule has 138 valence electrons. The minimum Gasteiger partial charge on any atom is -0.497 e. The lowest BCUT2D eigenvalue weighted by molar-refractivity contribution is -0.130. The first-order chi connectivity index (χ1) is 12.0. The highest BCUT2D eigenvalue weighted by Gasteiger charge is 2.21. The molecular weight excluding hydrogens is 312 g/mol. The van der Waals surface area contributed by atoms with Crippen LogP contribution in [0.5, 0.6) is 5.75 Å². The van der Waals surface area contributed by atoms with Crippen molar-refractivity contribution in [2.45, 2.75) is 52.0 Å². The molecule has 4 heteroatoms. The van der Waals surface area contributed by atoms with E-state index in [-0.39, 0.29) is 5.91 Å². The molecule has 0 radical (unpaired) electrons. The molecule has 0 saturated carbocycles. The van der Waals surface area contributed by atoms with Gasteiger partial charge in [0.2, 0.25) is 5.91 Å². The maximum Gasteiger partial charge on any atom is 0.240 e. The molecule has 1 aliphatic rings. The molecule has 0 heterocycles. The molecule has 0 aromatic heterocycles. The largest absolute Gasteiger partial charge is 0.497 e. The Kier molecular flexibility index (Phi) is 7.51. The molecule has 2 rings (SSSR count). The van der Waals surface area contributed by atoms with E-state index in [0.717, 1.165) is 31.6 Å². The first kappa shape index (κ1) is 19.5. The number of ether oxygens (including phenoxy) is 1. The SMILES string of the molecule is CCN(C(=O)CN(C)C(C)Cc1ccc(OC)cc1)C1=CCCCC1. The quantitative estimate of drug-likeness (QED) is 0.718. The number of carbonyl (C=O) groups is 1. The zero-order valence-electron chi connectivity index (χ0n) is 16.1. The molecule has 25 heavy (non-hydrogen) atoms. The Balaban J connectivity index is 1.90. The third-order valence-electron chi connectivity index (χ3n) is 5.06. The number of benzene rings is 1. The number of methoxy groups -OCH3 is 1. The van der Waals surface area contributed by atoms with Gasteiger partial charge in [-0.1, -0.05) is 18.2 Å². The average Bonchev–Trinajstić information content (AvgIpc) is 2.63. The van der Waals surface area contributed by atoms with Gasteiger partial charge in [-0.15, -0.1) is 0 Å². The zero-order chi connectivity index (χ0) is 18.2. The van der Waals surface area contributed by atoms with Crippen LogP contribution in [0, 0.1) is 0 Å². The van der Waals surface area contributed by atoms with Gasteiger partial charge in [-0.3, -0.25) is 9.69 Å². The van der Waals surface area contributed by atoms with Crippen molar-refractivity contribution in [2.75, 3.05) is 27.2 Å². The molecule has 1 unspecified atom stereocenters. The van der Waals surface area contributed by atoms with Crippen LogP contribution in [0.3, 0.4) is 0 Å². The van der Waals surface area contributed by atoms with Crippen molar-refractivity contribution in [2.24, 2.45) is 0 Å². The number of carbonyl (C=O) groups excluding carboxylic acids is 1. The second kappa shape index (κ2) is 9.62. The molecule has 0 spiro atoms. The molecule has 1 aliphatic carbocycles. The third-order valence-corrected chi connectivity index (χ3v) is 5.06. The molecule has 0 aliphatic heterocycles. The van der Waals surface area contributed by atoms with Crippen molar-refractivity contribution in [3.05, 3.63) is 41.6 Å². The van der Waals surface area contributed by atoms with Gasteiger partial charge in [0.1, 0.15) is 5.75 Å². The van der Waals surface area contributed by atoms with Crippen LogP contribution in [0.1, 0.15) is 45.1 Å². The molecule has 1 aromatic carbocycles. The van der Waals surface area contributed by atoms with Gasteiger partial charge in [0.15, 0.2) is 0 Å². The van der Waals surface area contributed by atoms with Gasteiger partial charge in [-0.2, -0.15) is 0 Å². The Labute approximate surface area is 152 Å². The second-order valence-corrected chi connectivity index (χ2v) is 6.90. The fourth-order valence-corrected chi connectivity index (χ4v) is 3.32. The van der Waals surface area contributed by atoms with Gasteiger partial charge in [0.05, 0.1) is 13.7 Å². The van der Waals surface area contributed by atoms with Crippen LogP contribution >= 0.6 is 0 Å². The van der Waals surface area contributed by atoms with Crippen LogP contribution in [-0.2, 0) is 11.2 Å². The summed E-state index contributed by atoms with van der Waals surface area (Å²) in [5.74, 6) is 1.08. The summed E-state index contributed by atoms with van der Waals surface area (Å²) in [5, 5.41) is 0. The van der Waals surface area contributed by atoms with Crippen molar-refractivity contribution in [3.63, 3.8) is 0 Å². The first-order valence-corrected chi connectivity index (χ1v) is 9.37. The zero-order valence-corrected chi connectivity index (χ0v) is 16.1. The molecule has 1 aromatic rings. The third kappa shape index (κ3) is 5.60. The lowest BCUT2D eigenvalue weighted by Gasteiger charge is -2.30. The summed E-state index contributed by atoms with van der Waals surface area (Å²) in [7, 11) is 3.72. The average molecular weight is 344 g/mol. The normalized spacial score (nSPS) is 15.6. The molecule has 4 nitrogen and oxygen atoms in total. The lowest BCUT2D eigenvalue weighted by Crippen LogP contribution is -2.42. The maximum atomic E-state index is 12.8. The van der Waals surface area contributed by atoms with Gasteiger partial charge in [0.25, 0.3) is 0 Å². The Morgan fingerprint density at radius 2 is 1.96 bits per heavy atom. The fraction of sp³-hybridized carbons (Fsp3) is 0.571. The highest BCUT2D eigenvalue weighted by Crippen LogP contribution is 2.21. The van der Waals surface area contributed by atoms with E-state index in [4.69, 9.17) is 4.74 Å². The molecule has 1 atom stereocenters. The molecule has 0 bridgehead atoms. The number of allylic oxidation sites excluding steroid dienone is 2. The van der Waals surface area contributed by atoms with E-state index in [9.17, 15) is 4.79 Å². The van der Waals surface area contributed by atoms with Crippen LogP contribution in [0.25, 0.3) is 0 Å². The van der Waals surface area contributed by atoms with Crippen LogP contribution < -0.4 is 4.74 Å². The summed E-state index contributed by atoms with van der Waals surface area (Å²) in [6.45, 7) is 5.45. The smallest absolute Gasteiger partial charge is 0.240 e. The van der Waals surface area contributed by atoms with E-state index in [1.165, 1.54) is 24.1 Å². The Morgan fingerprint density at radius 1 is 1.24 bits per heavy atom. The van der Waals surface area contributed by atoms with Crippen LogP contribution in [0.2, 0.25) is 0 Å². The topological polar surface area (TPSA) is 32.8 Å². The predicted octanol–water partition coefficient (Wildman–Crippen LogP) is 3.86. The van der Waals surface area contributed by atoms with Crippen molar-refractivity contribution in [3.8, 4) is 5.75 Å². The van der Waals surface area contributed by atoms with E-state index in [0.29, 0.717) is 12.6 Å². The fourth-order valence-electron chi connectivity index (χ4n) is 3.32. The summed E-state index contributed by atoms with van der Waals surface area (Å²) in [5.41, 5.74) is 2.48. The van der Waals surface area contributed by atoms with Crippen molar-refractivity contribution < 1.29 is 9.53 Å².